The number of hydrogen-bond acceptors (Lipinski definition) is 4. The number of halogens is 1. The number of aryl methyl sites for hydroxylation is 1. The number of benzene rings is 1. The van der Waals surface area contributed by atoms with Crippen LogP contribution in [0.5, 0.6) is 5.75 Å². The summed E-state index contributed by atoms with van der Waals surface area (Å²) < 4.78 is 10.7. The first-order valence-corrected chi connectivity index (χ1v) is 7.15. The summed E-state index contributed by atoms with van der Waals surface area (Å²) in [5, 5.41) is 7.89. The van der Waals surface area contributed by atoms with Crippen LogP contribution >= 0.6 is 11.6 Å². The molecule has 3 rings (SSSR count). The topological polar surface area (TPSA) is 47.3 Å². The minimum absolute atomic E-state index is 0.334. The molecule has 0 radical (unpaired) electrons. The monoisotopic (exact) mass is 292 g/mol. The van der Waals surface area contributed by atoms with E-state index >= 15 is 0 Å². The fourth-order valence-corrected chi connectivity index (χ4v) is 2.21. The van der Waals surface area contributed by atoms with Gasteiger partial charge in [-0.05, 0) is 37.5 Å². The van der Waals surface area contributed by atoms with E-state index in [0.717, 1.165) is 12.2 Å². The van der Waals surface area contributed by atoms with Gasteiger partial charge in [-0.1, -0.05) is 22.8 Å². The molecule has 0 bridgehead atoms. The van der Waals surface area contributed by atoms with Crippen LogP contribution in [0.1, 0.15) is 29.9 Å². The molecule has 1 aromatic carbocycles. The molecule has 1 heterocycles. The smallest absolute Gasteiger partial charge is 0.174 e. The lowest BCUT2D eigenvalue weighted by Crippen LogP contribution is -2.15. The van der Waals surface area contributed by atoms with Crippen molar-refractivity contribution < 1.29 is 9.26 Å². The van der Waals surface area contributed by atoms with Gasteiger partial charge in [0.15, 0.2) is 5.76 Å². The van der Waals surface area contributed by atoms with Crippen LogP contribution in [0, 0.1) is 6.92 Å². The third-order valence-corrected chi connectivity index (χ3v) is 3.51. The normalized spacial score (nSPS) is 14.5. The third-order valence-electron chi connectivity index (χ3n) is 3.22. The Hall–Kier alpha value is -1.52. The molecule has 4 nitrogen and oxygen atoms in total. The molecule has 0 spiro atoms. The van der Waals surface area contributed by atoms with Crippen molar-refractivity contribution in [3.8, 4) is 5.75 Å². The van der Waals surface area contributed by atoms with E-state index in [1.807, 2.05) is 31.2 Å². The van der Waals surface area contributed by atoms with Crippen LogP contribution < -0.4 is 10.1 Å². The van der Waals surface area contributed by atoms with Gasteiger partial charge in [-0.25, -0.2) is 0 Å². The zero-order valence-corrected chi connectivity index (χ0v) is 12.1. The maximum Gasteiger partial charge on any atom is 0.174 e. The lowest BCUT2D eigenvalue weighted by Gasteiger charge is -2.08. The molecule has 106 valence electrons. The Labute approximate surface area is 123 Å². The van der Waals surface area contributed by atoms with Crippen molar-refractivity contribution in [1.82, 2.24) is 10.5 Å². The Kier molecular flexibility index (Phi) is 3.94. The molecule has 20 heavy (non-hydrogen) atoms. The number of aromatic nitrogens is 1. The molecule has 0 unspecified atom stereocenters. The van der Waals surface area contributed by atoms with E-state index in [0.29, 0.717) is 29.2 Å². The van der Waals surface area contributed by atoms with Gasteiger partial charge in [0.2, 0.25) is 0 Å². The van der Waals surface area contributed by atoms with Gasteiger partial charge in [0.1, 0.15) is 12.4 Å². The van der Waals surface area contributed by atoms with E-state index in [2.05, 4.69) is 10.5 Å². The molecule has 1 saturated carbocycles. The van der Waals surface area contributed by atoms with Crippen LogP contribution in [0.25, 0.3) is 0 Å². The fraction of sp³-hybridized carbons (Fsp3) is 0.400. The van der Waals surface area contributed by atoms with Crippen LogP contribution in [-0.2, 0) is 13.2 Å². The molecule has 0 amide bonds. The molecule has 1 aliphatic rings. The number of nitrogens with zero attached hydrogens (tertiary/aromatic N) is 1. The van der Waals surface area contributed by atoms with Gasteiger partial charge in [-0.2, -0.15) is 0 Å². The van der Waals surface area contributed by atoms with Crippen LogP contribution in [0.15, 0.2) is 28.8 Å². The minimum atomic E-state index is 0.334. The number of ether oxygens (including phenoxy) is 1. The second-order valence-electron chi connectivity index (χ2n) is 5.14. The van der Waals surface area contributed by atoms with Crippen LogP contribution in [0.3, 0.4) is 0 Å². The summed E-state index contributed by atoms with van der Waals surface area (Å²) in [6, 6.07) is 8.41. The van der Waals surface area contributed by atoms with Crippen LogP contribution in [-0.4, -0.2) is 11.2 Å². The van der Waals surface area contributed by atoms with E-state index in [1.165, 1.54) is 18.4 Å². The van der Waals surface area contributed by atoms with Crippen molar-refractivity contribution in [1.29, 1.82) is 0 Å². The Morgan fingerprint density at radius 2 is 2.25 bits per heavy atom. The second-order valence-corrected chi connectivity index (χ2v) is 5.55. The van der Waals surface area contributed by atoms with Gasteiger partial charge in [0.25, 0.3) is 0 Å². The molecule has 1 aromatic heterocycles. The highest BCUT2D eigenvalue weighted by Crippen LogP contribution is 2.27. The summed E-state index contributed by atoms with van der Waals surface area (Å²) in [5.41, 5.74) is 2.01. The Morgan fingerprint density at radius 3 is 2.90 bits per heavy atom. The van der Waals surface area contributed by atoms with Crippen molar-refractivity contribution in [2.24, 2.45) is 0 Å². The summed E-state index contributed by atoms with van der Waals surface area (Å²) >= 11 is 6.23. The van der Waals surface area contributed by atoms with E-state index in [-0.39, 0.29) is 0 Å². The minimum Gasteiger partial charge on any atom is -0.484 e. The average Bonchev–Trinajstić information content (AvgIpc) is 3.17. The third kappa shape index (κ3) is 3.52. The molecule has 1 aliphatic carbocycles. The predicted molar refractivity (Wildman–Crippen MR) is 76.9 cm³/mol. The summed E-state index contributed by atoms with van der Waals surface area (Å²) in [6.45, 7) is 3.06. The standard InChI is InChI=1S/C15H17ClN2O2/c1-10-6-13(20-18-10)9-19-15-5-2-11(7-14(15)16)8-17-12-3-4-12/h2,5-7,12,17H,3-4,8-9H2,1H3. The van der Waals surface area contributed by atoms with Crippen molar-refractivity contribution in [3.05, 3.63) is 46.3 Å². The molecule has 0 saturated heterocycles. The van der Waals surface area contributed by atoms with Crippen LogP contribution in [0.2, 0.25) is 5.02 Å². The average molecular weight is 293 g/mol. The molecular weight excluding hydrogens is 276 g/mol. The maximum atomic E-state index is 6.23. The first-order valence-electron chi connectivity index (χ1n) is 6.77. The molecule has 2 aromatic rings. The van der Waals surface area contributed by atoms with Gasteiger partial charge in [-0.3, -0.25) is 0 Å². The van der Waals surface area contributed by atoms with Gasteiger partial charge < -0.3 is 14.6 Å². The highest BCUT2D eigenvalue weighted by Gasteiger charge is 2.20. The lowest BCUT2D eigenvalue weighted by molar-refractivity contribution is 0.249. The molecule has 5 heteroatoms. The van der Waals surface area contributed by atoms with E-state index < -0.39 is 0 Å². The second kappa shape index (κ2) is 5.85. The van der Waals surface area contributed by atoms with Crippen molar-refractivity contribution >= 4 is 11.6 Å². The molecule has 0 atom stereocenters. The maximum absolute atomic E-state index is 6.23. The fourth-order valence-electron chi connectivity index (χ4n) is 1.95. The Bertz CT molecular complexity index is 593. The summed E-state index contributed by atoms with van der Waals surface area (Å²) in [6.07, 6.45) is 2.57. The number of rotatable bonds is 6. The van der Waals surface area contributed by atoms with Gasteiger partial charge in [0, 0.05) is 18.7 Å². The van der Waals surface area contributed by atoms with Crippen LogP contribution in [0.4, 0.5) is 0 Å². The van der Waals surface area contributed by atoms with E-state index in [1.54, 1.807) is 0 Å². The summed E-state index contributed by atoms with van der Waals surface area (Å²) in [4.78, 5) is 0. The Balaban J connectivity index is 1.58. The van der Waals surface area contributed by atoms with E-state index in [4.69, 9.17) is 20.9 Å². The molecular formula is C15H17ClN2O2. The van der Waals surface area contributed by atoms with Crippen molar-refractivity contribution in [2.75, 3.05) is 0 Å². The first kappa shape index (κ1) is 13.5. The zero-order chi connectivity index (χ0) is 13.9. The van der Waals surface area contributed by atoms with Crippen molar-refractivity contribution in [2.45, 2.75) is 39.0 Å². The van der Waals surface area contributed by atoms with Gasteiger partial charge in [0.05, 0.1) is 10.7 Å². The summed E-state index contributed by atoms with van der Waals surface area (Å²) in [7, 11) is 0. The van der Waals surface area contributed by atoms with Gasteiger partial charge >= 0.3 is 0 Å². The molecule has 0 aliphatic heterocycles. The first-order chi connectivity index (χ1) is 9.70. The highest BCUT2D eigenvalue weighted by atomic mass is 35.5. The quantitative estimate of drug-likeness (QED) is 0.885. The molecule has 1 N–H and O–H groups in total. The molecule has 1 fully saturated rings. The SMILES string of the molecule is Cc1cc(COc2ccc(CNC3CC3)cc2Cl)on1. The lowest BCUT2D eigenvalue weighted by atomic mass is 10.2. The predicted octanol–water partition coefficient (Wildman–Crippen LogP) is 3.47. The van der Waals surface area contributed by atoms with Gasteiger partial charge in [-0.15, -0.1) is 0 Å². The Morgan fingerprint density at radius 1 is 1.40 bits per heavy atom. The highest BCUT2D eigenvalue weighted by molar-refractivity contribution is 6.32. The van der Waals surface area contributed by atoms with Crippen molar-refractivity contribution in [3.63, 3.8) is 0 Å². The largest absolute Gasteiger partial charge is 0.484 e. The zero-order valence-electron chi connectivity index (χ0n) is 11.4. The number of nitrogens with one attached hydrogen (secondary N) is 1. The summed E-state index contributed by atoms with van der Waals surface area (Å²) in [5.74, 6) is 1.36. The van der Waals surface area contributed by atoms with E-state index in [9.17, 15) is 0 Å². The number of hydrogen-bond donors (Lipinski definition) is 1.